The van der Waals surface area contributed by atoms with Crippen molar-refractivity contribution in [3.05, 3.63) is 130 Å². The molecule has 4 aromatic carbocycles. The summed E-state index contributed by atoms with van der Waals surface area (Å²) in [6.45, 7) is 2.99. The molecule has 48 heavy (non-hydrogen) atoms. The van der Waals surface area contributed by atoms with Crippen LogP contribution in [0.1, 0.15) is 30.5 Å². The van der Waals surface area contributed by atoms with E-state index in [2.05, 4.69) is 5.32 Å². The summed E-state index contributed by atoms with van der Waals surface area (Å²) in [5.74, 6) is -1.26. The monoisotopic (exact) mass is 719 g/mol. The maximum absolute atomic E-state index is 14.5. The van der Waals surface area contributed by atoms with E-state index in [0.717, 1.165) is 17.7 Å². The van der Waals surface area contributed by atoms with Crippen molar-refractivity contribution < 1.29 is 31.2 Å². The summed E-state index contributed by atoms with van der Waals surface area (Å²) in [4.78, 5) is 29.3. The van der Waals surface area contributed by atoms with Crippen molar-refractivity contribution in [2.45, 2.75) is 43.9 Å². The number of halogens is 5. The number of benzene rings is 4. The molecule has 0 spiro atoms. The Morgan fingerprint density at radius 1 is 0.833 bits per heavy atom. The summed E-state index contributed by atoms with van der Waals surface area (Å²) in [7, 11) is -4.66. The van der Waals surface area contributed by atoms with Crippen molar-refractivity contribution in [1.29, 1.82) is 0 Å². The zero-order valence-corrected chi connectivity index (χ0v) is 28.5. The van der Waals surface area contributed by atoms with Crippen LogP contribution in [0, 0.1) is 5.92 Å². The number of alkyl halides is 3. The maximum atomic E-state index is 14.5. The van der Waals surface area contributed by atoms with Gasteiger partial charge in [0, 0.05) is 24.5 Å². The first-order chi connectivity index (χ1) is 22.7. The molecule has 0 radical (unpaired) electrons. The molecule has 13 heteroatoms. The van der Waals surface area contributed by atoms with Crippen LogP contribution < -0.4 is 9.62 Å². The molecule has 0 aliphatic heterocycles. The topological polar surface area (TPSA) is 86.8 Å². The van der Waals surface area contributed by atoms with Gasteiger partial charge in [-0.1, -0.05) is 97.7 Å². The predicted molar refractivity (Wildman–Crippen MR) is 181 cm³/mol. The molecule has 0 saturated heterocycles. The molecule has 4 aromatic rings. The van der Waals surface area contributed by atoms with E-state index in [1.165, 1.54) is 29.2 Å². The molecule has 0 bridgehead atoms. The van der Waals surface area contributed by atoms with E-state index < -0.39 is 51.9 Å². The number of sulfonamides is 1. The van der Waals surface area contributed by atoms with Crippen LogP contribution >= 0.6 is 23.2 Å². The Hall–Kier alpha value is -4.06. The maximum Gasteiger partial charge on any atom is 0.416 e. The van der Waals surface area contributed by atoms with Gasteiger partial charge in [-0.25, -0.2) is 8.42 Å². The van der Waals surface area contributed by atoms with Crippen LogP contribution in [0.2, 0.25) is 10.0 Å². The van der Waals surface area contributed by atoms with E-state index in [4.69, 9.17) is 23.2 Å². The number of hydrogen-bond acceptors (Lipinski definition) is 4. The largest absolute Gasteiger partial charge is 0.416 e. The molecule has 0 heterocycles. The fourth-order valence-corrected chi connectivity index (χ4v) is 6.85. The number of nitrogens with zero attached hydrogens (tertiary/aromatic N) is 2. The summed E-state index contributed by atoms with van der Waals surface area (Å²) >= 11 is 12.6. The van der Waals surface area contributed by atoms with Crippen molar-refractivity contribution in [3.63, 3.8) is 0 Å². The summed E-state index contributed by atoms with van der Waals surface area (Å²) in [6.07, 6.45) is -4.77. The zero-order chi connectivity index (χ0) is 35.1. The average molecular weight is 721 g/mol. The lowest BCUT2D eigenvalue weighted by molar-refractivity contribution is -0.140. The first-order valence-corrected chi connectivity index (χ1v) is 17.2. The summed E-state index contributed by atoms with van der Waals surface area (Å²) in [5, 5.41) is 2.91. The van der Waals surface area contributed by atoms with E-state index in [-0.39, 0.29) is 28.8 Å². The third-order valence-corrected chi connectivity index (χ3v) is 9.68. The lowest BCUT2D eigenvalue weighted by Crippen LogP contribution is -2.53. The first kappa shape index (κ1) is 36.8. The normalized spacial score (nSPS) is 12.4. The van der Waals surface area contributed by atoms with Gasteiger partial charge in [-0.15, -0.1) is 0 Å². The molecule has 0 unspecified atom stereocenters. The molecular weight excluding hydrogens is 686 g/mol. The number of hydrogen-bond donors (Lipinski definition) is 1. The molecule has 4 rings (SSSR count). The number of amides is 2. The molecule has 0 aliphatic carbocycles. The van der Waals surface area contributed by atoms with Gasteiger partial charge >= 0.3 is 6.18 Å². The quantitative estimate of drug-likeness (QED) is 0.154. The van der Waals surface area contributed by atoms with Gasteiger partial charge in [0.15, 0.2) is 0 Å². The molecule has 1 atom stereocenters. The van der Waals surface area contributed by atoms with E-state index in [1.54, 1.807) is 60.7 Å². The van der Waals surface area contributed by atoms with Crippen molar-refractivity contribution in [2.75, 3.05) is 17.4 Å². The Kier molecular flexibility index (Phi) is 12.2. The molecule has 0 aromatic heterocycles. The molecule has 0 aliphatic rings. The van der Waals surface area contributed by atoms with Crippen molar-refractivity contribution in [3.8, 4) is 0 Å². The van der Waals surface area contributed by atoms with Gasteiger partial charge in [0.05, 0.1) is 21.2 Å². The van der Waals surface area contributed by atoms with Crippen molar-refractivity contribution >= 4 is 50.7 Å². The Bertz CT molecular complexity index is 1830. The molecule has 2 amide bonds. The minimum atomic E-state index is -4.83. The van der Waals surface area contributed by atoms with Crippen molar-refractivity contribution in [2.24, 2.45) is 5.92 Å². The summed E-state index contributed by atoms with van der Waals surface area (Å²) < 4.78 is 70.3. The third-order valence-electron chi connectivity index (χ3n) is 7.35. The molecule has 1 N–H and O–H groups in total. The Balaban J connectivity index is 1.86. The third kappa shape index (κ3) is 9.52. The van der Waals surface area contributed by atoms with Crippen LogP contribution in [-0.4, -0.2) is 44.3 Å². The Morgan fingerprint density at radius 2 is 1.46 bits per heavy atom. The Labute approximate surface area is 288 Å². The highest BCUT2D eigenvalue weighted by Gasteiger charge is 2.37. The van der Waals surface area contributed by atoms with Crippen LogP contribution in [0.5, 0.6) is 0 Å². The number of carbonyl (C=O) groups excluding carboxylic acids is 2. The van der Waals surface area contributed by atoms with Crippen LogP contribution in [0.4, 0.5) is 18.9 Å². The van der Waals surface area contributed by atoms with Crippen LogP contribution in [-0.2, 0) is 38.8 Å². The van der Waals surface area contributed by atoms with Gasteiger partial charge in [0.25, 0.3) is 10.0 Å². The standard InChI is InChI=1S/C35H34Cl2F3N3O4S/c1-24(2)21-41-34(45)32(19-25-10-5-3-6-11-25)42(22-26-12-9-13-28(36)18-26)33(44)23-43(48(46,47)29-14-7-4-8-15-29)31-20-27(35(38,39)40)16-17-30(31)37/h3-18,20,24,32H,19,21-23H2,1-2H3,(H,41,45)/t32-/m1/s1. The van der Waals surface area contributed by atoms with E-state index in [0.29, 0.717) is 27.5 Å². The van der Waals surface area contributed by atoms with E-state index in [1.807, 2.05) is 13.8 Å². The minimum Gasteiger partial charge on any atom is -0.354 e. The van der Waals surface area contributed by atoms with Crippen LogP contribution in [0.15, 0.2) is 108 Å². The molecule has 0 fully saturated rings. The number of anilines is 1. The lowest BCUT2D eigenvalue weighted by Gasteiger charge is -2.34. The van der Waals surface area contributed by atoms with Gasteiger partial charge in [-0.05, 0) is 59.5 Å². The second kappa shape index (κ2) is 15.9. The van der Waals surface area contributed by atoms with Gasteiger partial charge < -0.3 is 10.2 Å². The van der Waals surface area contributed by atoms with E-state index in [9.17, 15) is 31.2 Å². The Morgan fingerprint density at radius 3 is 2.06 bits per heavy atom. The van der Waals surface area contributed by atoms with Crippen LogP contribution in [0.25, 0.3) is 0 Å². The molecule has 0 saturated carbocycles. The van der Waals surface area contributed by atoms with Gasteiger partial charge in [-0.2, -0.15) is 13.2 Å². The highest BCUT2D eigenvalue weighted by atomic mass is 35.5. The lowest BCUT2D eigenvalue weighted by atomic mass is 10.0. The number of nitrogens with one attached hydrogen (secondary N) is 1. The summed E-state index contributed by atoms with van der Waals surface area (Å²) in [5.41, 5.74) is -0.440. The van der Waals surface area contributed by atoms with Gasteiger partial charge in [0.2, 0.25) is 11.8 Å². The fourth-order valence-electron chi connectivity index (χ4n) is 4.92. The smallest absolute Gasteiger partial charge is 0.354 e. The van der Waals surface area contributed by atoms with Gasteiger partial charge in [-0.3, -0.25) is 13.9 Å². The highest BCUT2D eigenvalue weighted by Crippen LogP contribution is 2.37. The van der Waals surface area contributed by atoms with Gasteiger partial charge in [0.1, 0.15) is 12.6 Å². The number of carbonyl (C=O) groups is 2. The number of rotatable bonds is 13. The highest BCUT2D eigenvalue weighted by molar-refractivity contribution is 7.92. The summed E-state index contributed by atoms with van der Waals surface area (Å²) in [6, 6.07) is 23.6. The first-order valence-electron chi connectivity index (χ1n) is 15.0. The zero-order valence-electron chi connectivity index (χ0n) is 26.1. The SMILES string of the molecule is CC(C)CNC(=O)[C@@H](Cc1ccccc1)N(Cc1cccc(Cl)c1)C(=O)CN(c1cc(C(F)(F)F)ccc1Cl)S(=O)(=O)c1ccccc1. The van der Waals surface area contributed by atoms with Crippen molar-refractivity contribution in [1.82, 2.24) is 10.2 Å². The minimum absolute atomic E-state index is 0.0623. The predicted octanol–water partition coefficient (Wildman–Crippen LogP) is 7.62. The second-order valence-corrected chi connectivity index (χ2v) is 14.2. The molecular formula is C35H34Cl2F3N3O4S. The molecule has 7 nitrogen and oxygen atoms in total. The fraction of sp³-hybridized carbons (Fsp3) is 0.257. The van der Waals surface area contributed by atoms with Crippen LogP contribution in [0.3, 0.4) is 0 Å². The second-order valence-electron chi connectivity index (χ2n) is 11.5. The van der Waals surface area contributed by atoms with E-state index >= 15 is 0 Å². The average Bonchev–Trinajstić information content (AvgIpc) is 3.04. The molecule has 254 valence electrons.